The summed E-state index contributed by atoms with van der Waals surface area (Å²) < 4.78 is 0. The number of hydrogen-bond donors (Lipinski definition) is 2. The summed E-state index contributed by atoms with van der Waals surface area (Å²) in [4.78, 5) is 16.5. The minimum atomic E-state index is 0.0261. The molecule has 2 saturated heterocycles. The van der Waals surface area contributed by atoms with Gasteiger partial charge in [0, 0.05) is 32.7 Å². The second-order valence-corrected chi connectivity index (χ2v) is 5.53. The fourth-order valence-electron chi connectivity index (χ4n) is 2.85. The van der Waals surface area contributed by atoms with E-state index in [1.165, 1.54) is 6.42 Å². The van der Waals surface area contributed by atoms with E-state index in [4.69, 9.17) is 5.11 Å². The maximum atomic E-state index is 12.4. The molecule has 2 unspecified atom stereocenters. The molecule has 18 heavy (non-hydrogen) atoms. The summed E-state index contributed by atoms with van der Waals surface area (Å²) in [6.45, 7) is 7.47. The number of β-amino-alcohol motifs (C(OH)–C–C–N with tert-alkyl or cyclic N) is 1. The zero-order valence-electron chi connectivity index (χ0n) is 11.3. The Labute approximate surface area is 109 Å². The van der Waals surface area contributed by atoms with Gasteiger partial charge in [0.2, 0.25) is 5.91 Å². The lowest BCUT2D eigenvalue weighted by atomic mass is 9.93. The smallest absolute Gasteiger partial charge is 0.239 e. The number of carbonyl (C=O) groups excluding carboxylic acids is 1. The van der Waals surface area contributed by atoms with Gasteiger partial charge in [0.15, 0.2) is 0 Å². The van der Waals surface area contributed by atoms with Gasteiger partial charge in [-0.05, 0) is 25.3 Å². The summed E-state index contributed by atoms with van der Waals surface area (Å²) in [7, 11) is 0. The third-order valence-electron chi connectivity index (χ3n) is 4.06. The monoisotopic (exact) mass is 255 g/mol. The molecule has 2 aliphatic rings. The number of amides is 1. The van der Waals surface area contributed by atoms with Gasteiger partial charge >= 0.3 is 0 Å². The van der Waals surface area contributed by atoms with Crippen molar-refractivity contribution in [2.75, 3.05) is 45.9 Å². The second kappa shape index (κ2) is 6.50. The van der Waals surface area contributed by atoms with Crippen LogP contribution in [-0.2, 0) is 4.79 Å². The molecule has 2 N–H and O–H groups in total. The van der Waals surface area contributed by atoms with Crippen molar-refractivity contribution in [1.29, 1.82) is 0 Å². The Kier molecular flexibility index (Phi) is 4.97. The quantitative estimate of drug-likeness (QED) is 0.714. The van der Waals surface area contributed by atoms with Gasteiger partial charge in [-0.2, -0.15) is 0 Å². The topological polar surface area (TPSA) is 55.8 Å². The Morgan fingerprint density at radius 2 is 2.06 bits per heavy atom. The summed E-state index contributed by atoms with van der Waals surface area (Å²) in [5.74, 6) is 0.918. The maximum Gasteiger partial charge on any atom is 0.239 e. The fraction of sp³-hybridized carbons (Fsp3) is 0.923. The Bertz CT molecular complexity index is 277. The first-order valence-corrected chi connectivity index (χ1v) is 7.06. The van der Waals surface area contributed by atoms with Gasteiger partial charge in [0.25, 0.3) is 0 Å². The van der Waals surface area contributed by atoms with Crippen LogP contribution in [0.3, 0.4) is 0 Å². The van der Waals surface area contributed by atoms with Gasteiger partial charge in [-0.15, -0.1) is 0 Å². The standard InChI is InChI=1S/C13H25N3O2/c1-11-2-3-14-12(10-11)13(18)16-6-4-15(5-7-16)8-9-17/h11-12,14,17H,2-10H2,1H3. The van der Waals surface area contributed by atoms with E-state index >= 15 is 0 Å². The average Bonchev–Trinajstić information content (AvgIpc) is 2.39. The van der Waals surface area contributed by atoms with Crippen molar-refractivity contribution in [3.05, 3.63) is 0 Å². The van der Waals surface area contributed by atoms with Crippen LogP contribution in [0.15, 0.2) is 0 Å². The lowest BCUT2D eigenvalue weighted by Gasteiger charge is -2.37. The molecule has 0 aliphatic carbocycles. The lowest BCUT2D eigenvalue weighted by Crippen LogP contribution is -2.55. The third-order valence-corrected chi connectivity index (χ3v) is 4.06. The zero-order valence-corrected chi connectivity index (χ0v) is 11.3. The molecule has 2 fully saturated rings. The van der Waals surface area contributed by atoms with Crippen molar-refractivity contribution < 1.29 is 9.90 Å². The minimum Gasteiger partial charge on any atom is -0.395 e. The number of nitrogens with one attached hydrogen (secondary N) is 1. The van der Waals surface area contributed by atoms with Gasteiger partial charge in [-0.25, -0.2) is 0 Å². The number of carbonyl (C=O) groups is 1. The Morgan fingerprint density at radius 1 is 1.33 bits per heavy atom. The number of hydrogen-bond acceptors (Lipinski definition) is 4. The van der Waals surface area contributed by atoms with Crippen LogP contribution in [0.4, 0.5) is 0 Å². The van der Waals surface area contributed by atoms with Crippen LogP contribution in [0.25, 0.3) is 0 Å². The highest BCUT2D eigenvalue weighted by Gasteiger charge is 2.30. The highest BCUT2D eigenvalue weighted by atomic mass is 16.3. The van der Waals surface area contributed by atoms with Crippen molar-refractivity contribution in [3.8, 4) is 0 Å². The van der Waals surface area contributed by atoms with Crippen molar-refractivity contribution in [1.82, 2.24) is 15.1 Å². The van der Waals surface area contributed by atoms with Gasteiger partial charge in [0.1, 0.15) is 0 Å². The fourth-order valence-corrected chi connectivity index (χ4v) is 2.85. The SMILES string of the molecule is CC1CCNC(C(=O)N2CCN(CCO)CC2)C1. The highest BCUT2D eigenvalue weighted by Crippen LogP contribution is 2.17. The Hall–Kier alpha value is -0.650. The normalized spacial score (nSPS) is 30.4. The molecule has 0 spiro atoms. The van der Waals surface area contributed by atoms with Gasteiger partial charge in [-0.3, -0.25) is 9.69 Å². The van der Waals surface area contributed by atoms with E-state index in [-0.39, 0.29) is 18.6 Å². The predicted molar refractivity (Wildman–Crippen MR) is 70.3 cm³/mol. The molecule has 0 aromatic carbocycles. The zero-order chi connectivity index (χ0) is 13.0. The highest BCUT2D eigenvalue weighted by molar-refractivity contribution is 5.82. The number of piperazine rings is 1. The van der Waals surface area contributed by atoms with Gasteiger partial charge < -0.3 is 15.3 Å². The third kappa shape index (κ3) is 3.43. The Morgan fingerprint density at radius 3 is 2.67 bits per heavy atom. The van der Waals surface area contributed by atoms with Crippen LogP contribution >= 0.6 is 0 Å². The molecule has 0 aromatic heterocycles. The molecule has 2 atom stereocenters. The summed E-state index contributed by atoms with van der Waals surface area (Å²) >= 11 is 0. The first kappa shape index (κ1) is 13.8. The largest absolute Gasteiger partial charge is 0.395 e. The lowest BCUT2D eigenvalue weighted by molar-refractivity contribution is -0.136. The summed E-state index contributed by atoms with van der Waals surface area (Å²) in [5.41, 5.74) is 0. The molecule has 0 aromatic rings. The van der Waals surface area contributed by atoms with Crippen molar-refractivity contribution in [3.63, 3.8) is 0 Å². The van der Waals surface area contributed by atoms with Crippen LogP contribution in [0, 0.1) is 5.92 Å². The van der Waals surface area contributed by atoms with E-state index in [9.17, 15) is 4.79 Å². The first-order chi connectivity index (χ1) is 8.70. The minimum absolute atomic E-state index is 0.0261. The van der Waals surface area contributed by atoms with E-state index < -0.39 is 0 Å². The van der Waals surface area contributed by atoms with Crippen LogP contribution < -0.4 is 5.32 Å². The van der Waals surface area contributed by atoms with Crippen LogP contribution in [0.5, 0.6) is 0 Å². The van der Waals surface area contributed by atoms with Crippen LogP contribution in [0.2, 0.25) is 0 Å². The van der Waals surface area contributed by atoms with Crippen molar-refractivity contribution in [2.24, 2.45) is 5.92 Å². The number of aliphatic hydroxyl groups excluding tert-OH is 1. The molecule has 2 heterocycles. The van der Waals surface area contributed by atoms with Gasteiger partial charge in [0.05, 0.1) is 12.6 Å². The molecule has 1 amide bonds. The molecule has 5 nitrogen and oxygen atoms in total. The number of nitrogens with zero attached hydrogens (tertiary/aromatic N) is 2. The number of rotatable bonds is 3. The van der Waals surface area contributed by atoms with Gasteiger partial charge in [-0.1, -0.05) is 6.92 Å². The molecular formula is C13H25N3O2. The van der Waals surface area contributed by atoms with Crippen LogP contribution in [-0.4, -0.2) is 72.7 Å². The van der Waals surface area contributed by atoms with E-state index in [1.54, 1.807) is 0 Å². The summed E-state index contributed by atoms with van der Waals surface area (Å²) in [5, 5.41) is 12.2. The molecule has 104 valence electrons. The molecule has 0 radical (unpaired) electrons. The molecular weight excluding hydrogens is 230 g/mol. The van der Waals surface area contributed by atoms with E-state index in [2.05, 4.69) is 17.1 Å². The molecule has 2 rings (SSSR count). The number of piperidine rings is 1. The van der Waals surface area contributed by atoms with E-state index in [1.807, 2.05) is 4.90 Å². The second-order valence-electron chi connectivity index (χ2n) is 5.53. The first-order valence-electron chi connectivity index (χ1n) is 7.06. The number of aliphatic hydroxyl groups is 1. The molecule has 0 saturated carbocycles. The summed E-state index contributed by atoms with van der Waals surface area (Å²) in [6.07, 6.45) is 2.14. The van der Waals surface area contributed by atoms with Crippen molar-refractivity contribution >= 4 is 5.91 Å². The predicted octanol–water partition coefficient (Wildman–Crippen LogP) is -0.489. The van der Waals surface area contributed by atoms with Crippen molar-refractivity contribution in [2.45, 2.75) is 25.8 Å². The average molecular weight is 255 g/mol. The van der Waals surface area contributed by atoms with E-state index in [0.717, 1.165) is 45.7 Å². The molecule has 2 aliphatic heterocycles. The molecule has 5 heteroatoms. The molecule has 0 bridgehead atoms. The van der Waals surface area contributed by atoms with E-state index in [0.29, 0.717) is 5.92 Å². The summed E-state index contributed by atoms with van der Waals surface area (Å²) in [6, 6.07) is 0.0261. The Balaban J connectivity index is 1.80. The maximum absolute atomic E-state index is 12.4. The van der Waals surface area contributed by atoms with Crippen LogP contribution in [0.1, 0.15) is 19.8 Å².